The molecular weight excluding hydrogens is 246 g/mol. The van der Waals surface area contributed by atoms with Crippen LogP contribution in [0, 0.1) is 0 Å². The van der Waals surface area contributed by atoms with Crippen LogP contribution in [0.25, 0.3) is 0 Å². The van der Waals surface area contributed by atoms with E-state index in [0.717, 1.165) is 0 Å². The topological polar surface area (TPSA) is 70.0 Å². The Balaban J connectivity index is 2.15. The van der Waals surface area contributed by atoms with E-state index in [1.807, 2.05) is 20.8 Å². The fraction of sp³-hybridized carbons (Fsp3) is 0.500. The number of para-hydroxylation sites is 1. The van der Waals surface area contributed by atoms with Crippen LogP contribution >= 0.6 is 0 Å². The summed E-state index contributed by atoms with van der Waals surface area (Å²) in [5, 5.41) is 19.7. The first-order chi connectivity index (χ1) is 8.79. The second-order valence-corrected chi connectivity index (χ2v) is 5.60. The Morgan fingerprint density at radius 3 is 2.63 bits per heavy atom. The Hall–Kier alpha value is -1.43. The fourth-order valence-electron chi connectivity index (χ4n) is 2.15. The average Bonchev–Trinajstić information content (AvgIpc) is 2.53. The molecule has 0 radical (unpaired) electrons. The minimum atomic E-state index is -1.15. The molecule has 1 amide bonds. The number of aliphatic hydroxyl groups excluding tert-OH is 2. The number of carbonyl (C=O) groups excluding carboxylic acids is 1. The van der Waals surface area contributed by atoms with Crippen molar-refractivity contribution in [1.29, 1.82) is 0 Å². The lowest BCUT2D eigenvalue weighted by Crippen LogP contribution is -2.40. The number of hydrogen-bond acceptors (Lipinski definition) is 4. The van der Waals surface area contributed by atoms with Crippen LogP contribution in [0.4, 0.5) is 5.69 Å². The Morgan fingerprint density at radius 2 is 2.00 bits per heavy atom. The smallest absolute Gasteiger partial charge is 0.260 e. The second-order valence-electron chi connectivity index (χ2n) is 5.60. The fourth-order valence-corrected chi connectivity index (χ4v) is 2.15. The van der Waals surface area contributed by atoms with Crippen molar-refractivity contribution in [3.05, 3.63) is 29.8 Å². The van der Waals surface area contributed by atoms with Gasteiger partial charge >= 0.3 is 0 Å². The lowest BCUT2D eigenvalue weighted by atomic mass is 10.1. The first-order valence-corrected chi connectivity index (χ1v) is 6.24. The van der Waals surface area contributed by atoms with E-state index in [9.17, 15) is 15.0 Å². The monoisotopic (exact) mass is 265 g/mol. The molecule has 2 rings (SSSR count). The molecule has 104 valence electrons. The SMILES string of the molecule is CC(C)(C)OC(O)CN1C(=O)C(O)c2ccccc21. The number of hydrogen-bond donors (Lipinski definition) is 2. The largest absolute Gasteiger partial charge is 0.378 e. The number of fused-ring (bicyclic) bond motifs is 1. The van der Waals surface area contributed by atoms with E-state index in [1.165, 1.54) is 4.90 Å². The Morgan fingerprint density at radius 1 is 1.37 bits per heavy atom. The first kappa shape index (κ1) is 14.0. The maximum absolute atomic E-state index is 12.0. The molecule has 1 aliphatic heterocycles. The van der Waals surface area contributed by atoms with Crippen LogP contribution in [0.5, 0.6) is 0 Å². The zero-order valence-corrected chi connectivity index (χ0v) is 11.3. The number of anilines is 1. The molecule has 2 N–H and O–H groups in total. The lowest BCUT2D eigenvalue weighted by molar-refractivity contribution is -0.161. The van der Waals surface area contributed by atoms with E-state index >= 15 is 0 Å². The number of ether oxygens (including phenoxy) is 1. The van der Waals surface area contributed by atoms with Gasteiger partial charge in [0, 0.05) is 5.56 Å². The van der Waals surface area contributed by atoms with Gasteiger partial charge in [0.2, 0.25) is 0 Å². The molecule has 0 aliphatic carbocycles. The van der Waals surface area contributed by atoms with Gasteiger partial charge in [-0.1, -0.05) is 18.2 Å². The van der Waals surface area contributed by atoms with Crippen molar-refractivity contribution in [2.24, 2.45) is 0 Å². The minimum absolute atomic E-state index is 0.00414. The Labute approximate surface area is 112 Å². The number of amides is 1. The summed E-state index contributed by atoms with van der Waals surface area (Å²) in [6.07, 6.45) is -2.25. The standard InChI is InChI=1S/C14H19NO4/c1-14(2,3)19-11(16)8-15-10-7-5-4-6-9(10)12(17)13(15)18/h4-7,11-12,16-17H,8H2,1-3H3. The van der Waals surface area contributed by atoms with Crippen molar-refractivity contribution in [1.82, 2.24) is 0 Å². The minimum Gasteiger partial charge on any atom is -0.378 e. The first-order valence-electron chi connectivity index (χ1n) is 6.24. The van der Waals surface area contributed by atoms with E-state index in [1.54, 1.807) is 24.3 Å². The summed E-state index contributed by atoms with van der Waals surface area (Å²) in [6, 6.07) is 7.00. The van der Waals surface area contributed by atoms with E-state index in [2.05, 4.69) is 0 Å². The predicted octanol–water partition coefficient (Wildman–Crippen LogP) is 1.20. The molecule has 2 atom stereocenters. The molecule has 1 heterocycles. The number of β-amino-alcohol motifs (C(OH)–C–C–N with tert-alkyl or cyclic N) is 1. The van der Waals surface area contributed by atoms with E-state index in [0.29, 0.717) is 11.3 Å². The number of aliphatic hydroxyl groups is 2. The molecule has 0 spiro atoms. The molecule has 1 aromatic carbocycles. The Kier molecular flexibility index (Phi) is 3.62. The molecule has 5 heteroatoms. The van der Waals surface area contributed by atoms with Gasteiger partial charge in [0.25, 0.3) is 5.91 Å². The summed E-state index contributed by atoms with van der Waals surface area (Å²) in [5.74, 6) is -0.433. The summed E-state index contributed by atoms with van der Waals surface area (Å²) in [5.41, 5.74) is 0.687. The third-order valence-corrected chi connectivity index (χ3v) is 2.85. The number of rotatable bonds is 3. The van der Waals surface area contributed by atoms with Gasteiger partial charge < -0.3 is 19.8 Å². The summed E-state index contributed by atoms with van der Waals surface area (Å²) in [6.45, 7) is 5.48. The van der Waals surface area contributed by atoms with Crippen LogP contribution < -0.4 is 4.90 Å². The van der Waals surface area contributed by atoms with Crippen molar-refractivity contribution in [2.75, 3.05) is 11.4 Å². The summed E-state index contributed by atoms with van der Waals surface area (Å²) < 4.78 is 5.38. The van der Waals surface area contributed by atoms with Crippen LogP contribution in [0.15, 0.2) is 24.3 Å². The van der Waals surface area contributed by atoms with Gasteiger partial charge in [-0.05, 0) is 26.8 Å². The van der Waals surface area contributed by atoms with Crippen LogP contribution in [0.3, 0.4) is 0 Å². The molecule has 2 unspecified atom stereocenters. The highest BCUT2D eigenvalue weighted by molar-refractivity contribution is 6.03. The van der Waals surface area contributed by atoms with Gasteiger partial charge in [-0.25, -0.2) is 0 Å². The van der Waals surface area contributed by atoms with Crippen LogP contribution in [0.1, 0.15) is 32.4 Å². The molecule has 0 saturated carbocycles. The molecule has 0 aromatic heterocycles. The van der Waals surface area contributed by atoms with Crippen molar-refractivity contribution in [2.45, 2.75) is 38.8 Å². The van der Waals surface area contributed by atoms with E-state index in [4.69, 9.17) is 4.74 Å². The molecule has 19 heavy (non-hydrogen) atoms. The number of nitrogens with zero attached hydrogens (tertiary/aromatic N) is 1. The quantitative estimate of drug-likeness (QED) is 0.806. The third kappa shape index (κ3) is 2.94. The molecule has 1 aromatic rings. The molecule has 1 aliphatic rings. The van der Waals surface area contributed by atoms with Gasteiger partial charge in [-0.3, -0.25) is 4.79 Å². The van der Waals surface area contributed by atoms with Crippen LogP contribution in [0.2, 0.25) is 0 Å². The molecule has 0 saturated heterocycles. The Bertz CT molecular complexity index is 481. The highest BCUT2D eigenvalue weighted by Gasteiger charge is 2.37. The zero-order valence-electron chi connectivity index (χ0n) is 11.3. The molecule has 5 nitrogen and oxygen atoms in total. The maximum Gasteiger partial charge on any atom is 0.260 e. The normalized spacial score (nSPS) is 20.6. The molecule has 0 bridgehead atoms. The highest BCUT2D eigenvalue weighted by Crippen LogP contribution is 2.35. The van der Waals surface area contributed by atoms with Gasteiger partial charge in [-0.2, -0.15) is 0 Å². The number of benzene rings is 1. The second kappa shape index (κ2) is 4.92. The molecule has 0 fully saturated rings. The van der Waals surface area contributed by atoms with Gasteiger partial charge in [0.15, 0.2) is 12.4 Å². The van der Waals surface area contributed by atoms with Crippen molar-refractivity contribution in [3.8, 4) is 0 Å². The highest BCUT2D eigenvalue weighted by atomic mass is 16.6. The third-order valence-electron chi connectivity index (χ3n) is 2.85. The van der Waals surface area contributed by atoms with Crippen molar-refractivity contribution >= 4 is 11.6 Å². The van der Waals surface area contributed by atoms with Gasteiger partial charge in [0.1, 0.15) is 0 Å². The van der Waals surface area contributed by atoms with Gasteiger partial charge in [0.05, 0.1) is 17.8 Å². The lowest BCUT2D eigenvalue weighted by Gasteiger charge is -2.27. The average molecular weight is 265 g/mol. The van der Waals surface area contributed by atoms with E-state index in [-0.39, 0.29) is 6.54 Å². The van der Waals surface area contributed by atoms with Crippen LogP contribution in [-0.2, 0) is 9.53 Å². The summed E-state index contributed by atoms with van der Waals surface area (Å²) in [7, 11) is 0. The number of carbonyl (C=O) groups is 1. The van der Waals surface area contributed by atoms with Gasteiger partial charge in [-0.15, -0.1) is 0 Å². The van der Waals surface area contributed by atoms with E-state index < -0.39 is 23.9 Å². The maximum atomic E-state index is 12.0. The van der Waals surface area contributed by atoms with Crippen LogP contribution in [-0.4, -0.2) is 34.6 Å². The summed E-state index contributed by atoms with van der Waals surface area (Å²) >= 11 is 0. The van der Waals surface area contributed by atoms with Crippen molar-refractivity contribution in [3.63, 3.8) is 0 Å². The predicted molar refractivity (Wildman–Crippen MR) is 70.6 cm³/mol. The van der Waals surface area contributed by atoms with Crippen molar-refractivity contribution < 1.29 is 19.7 Å². The molecular formula is C14H19NO4. The summed E-state index contributed by atoms with van der Waals surface area (Å²) in [4.78, 5) is 13.3. The zero-order chi connectivity index (χ0) is 14.2.